The fourth-order valence-electron chi connectivity index (χ4n) is 3.70. The Hall–Kier alpha value is -4.74. The highest BCUT2D eigenvalue weighted by molar-refractivity contribution is 6.51. The second-order valence-electron chi connectivity index (χ2n) is 7.31. The van der Waals surface area contributed by atoms with Crippen LogP contribution in [-0.2, 0) is 9.59 Å². The number of carbonyl (C=O) groups excluding carboxylic acids is 2. The zero-order chi connectivity index (χ0) is 25.3. The topological polar surface area (TPSA) is 123 Å². The molecule has 12 heteroatoms. The van der Waals surface area contributed by atoms with E-state index in [2.05, 4.69) is 9.72 Å². The summed E-state index contributed by atoms with van der Waals surface area (Å²) in [6, 6.07) is 11.0. The maximum atomic E-state index is 13.0. The number of ketones is 1. The average molecular weight is 485 g/mol. The summed E-state index contributed by atoms with van der Waals surface area (Å²) in [6.07, 6.45) is -2.24. The van der Waals surface area contributed by atoms with Gasteiger partial charge in [0.05, 0.1) is 16.5 Å². The second-order valence-corrected chi connectivity index (χ2v) is 7.31. The van der Waals surface area contributed by atoms with Gasteiger partial charge in [-0.25, -0.2) is 0 Å². The molecule has 1 atom stereocenters. The normalized spacial score (nSPS) is 17.5. The van der Waals surface area contributed by atoms with Crippen molar-refractivity contribution in [2.45, 2.75) is 12.4 Å². The van der Waals surface area contributed by atoms with Gasteiger partial charge in [0.25, 0.3) is 17.4 Å². The molecular formula is C23H14F3N3O6. The van der Waals surface area contributed by atoms with Crippen molar-refractivity contribution in [1.82, 2.24) is 4.98 Å². The number of ether oxygens (including phenoxy) is 1. The molecule has 1 aromatic heterocycles. The molecule has 0 bridgehead atoms. The van der Waals surface area contributed by atoms with Crippen molar-refractivity contribution in [3.8, 4) is 5.75 Å². The van der Waals surface area contributed by atoms with Gasteiger partial charge in [0.15, 0.2) is 0 Å². The van der Waals surface area contributed by atoms with Gasteiger partial charge in [0, 0.05) is 41.8 Å². The first-order valence-corrected chi connectivity index (χ1v) is 9.88. The Morgan fingerprint density at radius 1 is 1.09 bits per heavy atom. The molecule has 178 valence electrons. The summed E-state index contributed by atoms with van der Waals surface area (Å²) in [4.78, 5) is 41.4. The number of nitrogens with zero attached hydrogens (tertiary/aromatic N) is 3. The van der Waals surface area contributed by atoms with E-state index >= 15 is 0 Å². The fraction of sp³-hybridized carbons (Fsp3) is 0.0870. The standard InChI is InChI=1S/C23H14F3N3O6/c24-23(25,26)35-17-8-2-6-15(11-17)28-19(14-5-3-9-27-12-14)18(21(31)22(28)32)20(30)13-4-1-7-16(10-13)29(33)34/h1-12,19,30H/b20-18-. The van der Waals surface area contributed by atoms with Crippen LogP contribution in [0.3, 0.4) is 0 Å². The van der Waals surface area contributed by atoms with Gasteiger partial charge in [-0.05, 0) is 23.8 Å². The summed E-state index contributed by atoms with van der Waals surface area (Å²) in [5.74, 6) is -3.58. The smallest absolute Gasteiger partial charge is 0.507 e. The van der Waals surface area contributed by atoms with E-state index in [4.69, 9.17) is 0 Å². The minimum absolute atomic E-state index is 0.0970. The monoisotopic (exact) mass is 485 g/mol. The van der Waals surface area contributed by atoms with Crippen LogP contribution < -0.4 is 9.64 Å². The third kappa shape index (κ3) is 4.67. The molecule has 1 N–H and O–H groups in total. The molecule has 2 aromatic carbocycles. The first-order valence-electron chi connectivity index (χ1n) is 9.88. The Labute approximate surface area is 194 Å². The number of hydrogen-bond donors (Lipinski definition) is 1. The van der Waals surface area contributed by atoms with Crippen LogP contribution in [0.2, 0.25) is 0 Å². The Kier molecular flexibility index (Phi) is 5.95. The molecular weight excluding hydrogens is 471 g/mol. The molecule has 9 nitrogen and oxygen atoms in total. The largest absolute Gasteiger partial charge is 0.573 e. The van der Waals surface area contributed by atoms with Gasteiger partial charge in [0.2, 0.25) is 0 Å². The zero-order valence-corrected chi connectivity index (χ0v) is 17.5. The van der Waals surface area contributed by atoms with Gasteiger partial charge in [0.1, 0.15) is 11.5 Å². The van der Waals surface area contributed by atoms with E-state index in [1.807, 2.05) is 0 Å². The number of aromatic nitrogens is 1. The molecule has 0 spiro atoms. The Morgan fingerprint density at radius 2 is 1.83 bits per heavy atom. The Balaban J connectivity index is 1.90. The molecule has 1 aliphatic heterocycles. The van der Waals surface area contributed by atoms with Crippen molar-refractivity contribution in [3.63, 3.8) is 0 Å². The van der Waals surface area contributed by atoms with Crippen molar-refractivity contribution in [2.75, 3.05) is 4.90 Å². The zero-order valence-electron chi connectivity index (χ0n) is 17.5. The summed E-state index contributed by atoms with van der Waals surface area (Å²) in [6.45, 7) is 0. The van der Waals surface area contributed by atoms with E-state index in [1.165, 1.54) is 54.9 Å². The molecule has 1 fully saturated rings. The number of carbonyl (C=O) groups is 2. The quantitative estimate of drug-likeness (QED) is 0.185. The minimum Gasteiger partial charge on any atom is -0.507 e. The van der Waals surface area contributed by atoms with Gasteiger partial charge in [-0.3, -0.25) is 29.6 Å². The molecule has 1 saturated heterocycles. The number of non-ortho nitro benzene ring substituents is 1. The highest BCUT2D eigenvalue weighted by Gasteiger charge is 2.47. The number of nitro groups is 1. The molecule has 1 unspecified atom stereocenters. The summed E-state index contributed by atoms with van der Waals surface area (Å²) in [5.41, 5.74) is -0.717. The van der Waals surface area contributed by atoms with Crippen LogP contribution in [0.1, 0.15) is 17.2 Å². The number of rotatable bonds is 5. The lowest BCUT2D eigenvalue weighted by Gasteiger charge is -2.25. The van der Waals surface area contributed by atoms with Gasteiger partial charge in [-0.15, -0.1) is 13.2 Å². The molecule has 1 amide bonds. The van der Waals surface area contributed by atoms with E-state index in [-0.39, 0.29) is 22.5 Å². The van der Waals surface area contributed by atoms with Crippen LogP contribution in [-0.4, -0.2) is 33.1 Å². The molecule has 0 saturated carbocycles. The molecule has 2 heterocycles. The van der Waals surface area contributed by atoms with Crippen molar-refractivity contribution in [3.05, 3.63) is 99.9 Å². The van der Waals surface area contributed by atoms with Gasteiger partial charge >= 0.3 is 6.36 Å². The van der Waals surface area contributed by atoms with E-state index in [9.17, 15) is 38.0 Å². The van der Waals surface area contributed by atoms with Crippen LogP contribution in [0.15, 0.2) is 78.6 Å². The summed E-state index contributed by atoms with van der Waals surface area (Å²) in [5, 5.41) is 22.1. The van der Waals surface area contributed by atoms with Gasteiger partial charge < -0.3 is 9.84 Å². The van der Waals surface area contributed by atoms with E-state index in [0.29, 0.717) is 0 Å². The number of amides is 1. The number of alkyl halides is 3. The number of anilines is 1. The van der Waals surface area contributed by atoms with Crippen molar-refractivity contribution < 1.29 is 37.5 Å². The van der Waals surface area contributed by atoms with Crippen molar-refractivity contribution in [2.24, 2.45) is 0 Å². The number of aliphatic hydroxyl groups excluding tert-OH is 1. The lowest BCUT2D eigenvalue weighted by atomic mass is 9.96. The molecule has 1 aliphatic rings. The first-order chi connectivity index (χ1) is 16.6. The maximum absolute atomic E-state index is 13.0. The highest BCUT2D eigenvalue weighted by Crippen LogP contribution is 2.43. The maximum Gasteiger partial charge on any atom is 0.573 e. The highest BCUT2D eigenvalue weighted by atomic mass is 19.4. The summed E-state index contributed by atoms with van der Waals surface area (Å²) in [7, 11) is 0. The molecule has 0 aliphatic carbocycles. The van der Waals surface area contributed by atoms with Crippen LogP contribution in [0.5, 0.6) is 5.75 Å². The third-order valence-electron chi connectivity index (χ3n) is 5.10. The van der Waals surface area contributed by atoms with Gasteiger partial charge in [-0.2, -0.15) is 0 Å². The SMILES string of the molecule is O=C1C(=O)N(c2cccc(OC(F)(F)F)c2)C(c2cccnc2)/C1=C(/O)c1cccc([N+](=O)[O-])c1. The number of nitro benzene ring substituents is 1. The lowest BCUT2D eigenvalue weighted by Crippen LogP contribution is -2.29. The van der Waals surface area contributed by atoms with E-state index in [0.717, 1.165) is 23.1 Å². The average Bonchev–Trinajstić information content (AvgIpc) is 3.09. The molecule has 35 heavy (non-hydrogen) atoms. The third-order valence-corrected chi connectivity index (χ3v) is 5.10. The van der Waals surface area contributed by atoms with Crippen molar-refractivity contribution >= 4 is 28.8 Å². The first kappa shape index (κ1) is 23.4. The number of aliphatic hydroxyl groups is 1. The predicted molar refractivity (Wildman–Crippen MR) is 115 cm³/mol. The van der Waals surface area contributed by atoms with E-state index in [1.54, 1.807) is 0 Å². The summed E-state index contributed by atoms with van der Waals surface area (Å²) >= 11 is 0. The van der Waals surface area contributed by atoms with Crippen LogP contribution in [0.4, 0.5) is 24.5 Å². The number of hydrogen-bond acceptors (Lipinski definition) is 7. The molecule has 0 radical (unpaired) electrons. The van der Waals surface area contributed by atoms with Crippen LogP contribution in [0, 0.1) is 10.1 Å². The Bertz CT molecular complexity index is 1360. The van der Waals surface area contributed by atoms with Gasteiger partial charge in [-0.1, -0.05) is 24.3 Å². The lowest BCUT2D eigenvalue weighted by molar-refractivity contribution is -0.384. The molecule has 3 aromatic rings. The number of pyridine rings is 1. The Morgan fingerprint density at radius 3 is 2.49 bits per heavy atom. The number of Topliss-reactive ketones (excluding diaryl/α,β-unsaturated/α-hetero) is 1. The number of halogens is 3. The summed E-state index contributed by atoms with van der Waals surface area (Å²) < 4.78 is 42.1. The van der Waals surface area contributed by atoms with E-state index < -0.39 is 46.1 Å². The molecule has 4 rings (SSSR count). The minimum atomic E-state index is -4.99. The van der Waals surface area contributed by atoms with Crippen LogP contribution in [0.25, 0.3) is 5.76 Å². The number of benzene rings is 2. The van der Waals surface area contributed by atoms with Crippen LogP contribution >= 0.6 is 0 Å². The second kappa shape index (κ2) is 8.89. The van der Waals surface area contributed by atoms with Crippen molar-refractivity contribution in [1.29, 1.82) is 0 Å². The fourth-order valence-corrected chi connectivity index (χ4v) is 3.70. The predicted octanol–water partition coefficient (Wildman–Crippen LogP) is 4.51.